The molecule has 0 aliphatic carbocycles. The van der Waals surface area contributed by atoms with Crippen LogP contribution < -0.4 is 10.5 Å². The van der Waals surface area contributed by atoms with Crippen molar-refractivity contribution in [2.75, 3.05) is 10.5 Å². The lowest BCUT2D eigenvalue weighted by Gasteiger charge is -2.10. The van der Waals surface area contributed by atoms with E-state index in [1.165, 1.54) is 18.3 Å². The summed E-state index contributed by atoms with van der Waals surface area (Å²) in [6.07, 6.45) is 1.31. The number of halogens is 3. The minimum Gasteiger partial charge on any atom is -0.399 e. The molecule has 106 valence electrons. The van der Waals surface area contributed by atoms with Crippen LogP contribution >= 0.6 is 31.9 Å². The molecule has 0 unspecified atom stereocenters. The van der Waals surface area contributed by atoms with Gasteiger partial charge < -0.3 is 5.73 Å². The van der Waals surface area contributed by atoms with E-state index in [-0.39, 0.29) is 15.8 Å². The molecule has 0 fully saturated rings. The zero-order valence-corrected chi connectivity index (χ0v) is 13.8. The van der Waals surface area contributed by atoms with Crippen molar-refractivity contribution in [1.82, 2.24) is 4.98 Å². The number of sulfonamides is 1. The molecule has 0 saturated heterocycles. The van der Waals surface area contributed by atoms with Gasteiger partial charge in [-0.3, -0.25) is 4.72 Å². The zero-order chi connectivity index (χ0) is 14.9. The number of hydrogen-bond acceptors (Lipinski definition) is 4. The molecule has 0 radical (unpaired) electrons. The normalized spacial score (nSPS) is 11.3. The van der Waals surface area contributed by atoms with Gasteiger partial charge in [-0.25, -0.2) is 17.8 Å². The predicted octanol–water partition coefficient (Wildman–Crippen LogP) is 3.13. The maximum absolute atomic E-state index is 13.9. The number of anilines is 2. The molecule has 2 aromatic rings. The molecular weight excluding hydrogens is 417 g/mol. The maximum atomic E-state index is 13.9. The molecule has 0 amide bonds. The van der Waals surface area contributed by atoms with Crippen LogP contribution in [-0.2, 0) is 10.0 Å². The molecule has 0 aliphatic heterocycles. The molecule has 3 N–H and O–H groups in total. The Hall–Kier alpha value is -1.19. The fourth-order valence-corrected chi connectivity index (χ4v) is 3.45. The van der Waals surface area contributed by atoms with Crippen molar-refractivity contribution in [2.24, 2.45) is 0 Å². The van der Waals surface area contributed by atoms with Crippen molar-refractivity contribution >= 4 is 53.3 Å². The van der Waals surface area contributed by atoms with Crippen LogP contribution in [0.25, 0.3) is 0 Å². The quantitative estimate of drug-likeness (QED) is 0.585. The maximum Gasteiger partial charge on any atom is 0.264 e. The van der Waals surface area contributed by atoms with Gasteiger partial charge in [0.1, 0.15) is 9.50 Å². The zero-order valence-electron chi connectivity index (χ0n) is 9.77. The first-order chi connectivity index (χ1) is 9.29. The third-order valence-electron chi connectivity index (χ3n) is 2.29. The van der Waals surface area contributed by atoms with Gasteiger partial charge in [-0.2, -0.15) is 0 Å². The average molecular weight is 425 g/mol. The fourth-order valence-electron chi connectivity index (χ4n) is 1.43. The highest BCUT2D eigenvalue weighted by molar-refractivity contribution is 9.10. The van der Waals surface area contributed by atoms with Gasteiger partial charge in [0.25, 0.3) is 10.0 Å². The molecule has 0 bridgehead atoms. The summed E-state index contributed by atoms with van der Waals surface area (Å²) in [5, 5.41) is 0. The number of rotatable bonds is 3. The number of pyridine rings is 1. The average Bonchev–Trinajstić information content (AvgIpc) is 2.36. The molecule has 0 spiro atoms. The van der Waals surface area contributed by atoms with Crippen LogP contribution in [0, 0.1) is 5.82 Å². The molecule has 1 aromatic carbocycles. The first-order valence-electron chi connectivity index (χ1n) is 5.18. The molecule has 0 atom stereocenters. The molecule has 20 heavy (non-hydrogen) atoms. The van der Waals surface area contributed by atoms with Gasteiger partial charge in [0.2, 0.25) is 0 Å². The Morgan fingerprint density at radius 3 is 2.55 bits per heavy atom. The first-order valence-corrected chi connectivity index (χ1v) is 8.25. The summed E-state index contributed by atoms with van der Waals surface area (Å²) in [5.74, 6) is -0.906. The second-order valence-electron chi connectivity index (χ2n) is 3.79. The van der Waals surface area contributed by atoms with Crippen molar-refractivity contribution in [1.29, 1.82) is 0 Å². The van der Waals surface area contributed by atoms with E-state index in [1.54, 1.807) is 6.07 Å². The third kappa shape index (κ3) is 3.28. The Kier molecular flexibility index (Phi) is 4.31. The highest BCUT2D eigenvalue weighted by atomic mass is 79.9. The van der Waals surface area contributed by atoms with Crippen LogP contribution in [0.5, 0.6) is 0 Å². The van der Waals surface area contributed by atoms with Gasteiger partial charge >= 0.3 is 0 Å². The van der Waals surface area contributed by atoms with E-state index in [0.717, 1.165) is 6.07 Å². The van der Waals surface area contributed by atoms with Crippen molar-refractivity contribution in [2.45, 2.75) is 4.90 Å². The lowest BCUT2D eigenvalue weighted by atomic mass is 10.3. The number of nitrogens with zero attached hydrogens (tertiary/aromatic N) is 1. The Balaban J connectivity index is 2.43. The van der Waals surface area contributed by atoms with Gasteiger partial charge in [-0.05, 0) is 56.1 Å². The molecule has 5 nitrogen and oxygen atoms in total. The number of hydrogen-bond donors (Lipinski definition) is 2. The van der Waals surface area contributed by atoms with Crippen LogP contribution in [-0.4, -0.2) is 13.4 Å². The minimum atomic E-state index is -4.09. The smallest absolute Gasteiger partial charge is 0.264 e. The Labute approximate surface area is 131 Å². The molecule has 1 heterocycles. The van der Waals surface area contributed by atoms with Gasteiger partial charge in [-0.15, -0.1) is 0 Å². The number of nitrogens with one attached hydrogen (secondary N) is 1. The Morgan fingerprint density at radius 1 is 1.25 bits per heavy atom. The predicted molar refractivity (Wildman–Crippen MR) is 81.3 cm³/mol. The van der Waals surface area contributed by atoms with Crippen molar-refractivity contribution in [3.05, 3.63) is 45.4 Å². The van der Waals surface area contributed by atoms with Crippen LogP contribution in [0.1, 0.15) is 0 Å². The summed E-state index contributed by atoms with van der Waals surface area (Å²) in [6, 6.07) is 5.39. The lowest BCUT2D eigenvalue weighted by Crippen LogP contribution is -2.15. The summed E-state index contributed by atoms with van der Waals surface area (Å²) < 4.78 is 41.0. The molecule has 9 heteroatoms. The van der Waals surface area contributed by atoms with Crippen LogP contribution in [0.3, 0.4) is 0 Å². The van der Waals surface area contributed by atoms with E-state index < -0.39 is 20.7 Å². The Morgan fingerprint density at radius 2 is 1.95 bits per heavy atom. The first kappa shape index (κ1) is 15.2. The summed E-state index contributed by atoms with van der Waals surface area (Å²) in [4.78, 5) is 3.34. The number of aromatic nitrogens is 1. The fraction of sp³-hybridized carbons (Fsp3) is 0. The second kappa shape index (κ2) is 5.66. The summed E-state index contributed by atoms with van der Waals surface area (Å²) in [5.41, 5.74) is 5.88. The van der Waals surface area contributed by atoms with Crippen LogP contribution in [0.15, 0.2) is 44.4 Å². The van der Waals surface area contributed by atoms with E-state index in [2.05, 4.69) is 41.6 Å². The van der Waals surface area contributed by atoms with E-state index in [1.807, 2.05) is 0 Å². The van der Waals surface area contributed by atoms with Gasteiger partial charge in [-0.1, -0.05) is 0 Å². The highest BCUT2D eigenvalue weighted by Crippen LogP contribution is 2.27. The third-order valence-corrected chi connectivity index (χ3v) is 4.71. The molecule has 0 aliphatic rings. The highest BCUT2D eigenvalue weighted by Gasteiger charge is 2.22. The summed E-state index contributed by atoms with van der Waals surface area (Å²) in [6.45, 7) is 0. The topological polar surface area (TPSA) is 85.1 Å². The van der Waals surface area contributed by atoms with Gasteiger partial charge in [0, 0.05) is 5.69 Å². The van der Waals surface area contributed by atoms with Crippen LogP contribution in [0.4, 0.5) is 15.8 Å². The molecular formula is C11H8Br2FN3O2S. The van der Waals surface area contributed by atoms with E-state index >= 15 is 0 Å². The van der Waals surface area contributed by atoms with Crippen molar-refractivity contribution in [3.8, 4) is 0 Å². The number of nitrogens with two attached hydrogens (primary N) is 1. The lowest BCUT2D eigenvalue weighted by molar-refractivity contribution is 0.567. The van der Waals surface area contributed by atoms with Gasteiger partial charge in [0.05, 0.1) is 16.4 Å². The monoisotopic (exact) mass is 423 g/mol. The minimum absolute atomic E-state index is 0.0215. The SMILES string of the molecule is Nc1cc(Br)c(F)c(S(=O)(=O)Nc2ccc(Br)nc2)c1. The molecule has 0 saturated carbocycles. The Bertz CT molecular complexity index is 751. The molecule has 2 rings (SSSR count). The largest absolute Gasteiger partial charge is 0.399 e. The second-order valence-corrected chi connectivity index (χ2v) is 7.11. The summed E-state index contributed by atoms with van der Waals surface area (Å²) >= 11 is 6.05. The van der Waals surface area contributed by atoms with Gasteiger partial charge in [0.15, 0.2) is 5.82 Å². The van der Waals surface area contributed by atoms with E-state index in [9.17, 15) is 12.8 Å². The van der Waals surface area contributed by atoms with E-state index in [0.29, 0.717) is 4.60 Å². The molecule has 1 aromatic heterocycles. The summed E-state index contributed by atoms with van der Waals surface area (Å²) in [7, 11) is -4.09. The van der Waals surface area contributed by atoms with E-state index in [4.69, 9.17) is 5.73 Å². The number of benzene rings is 1. The standard InChI is InChI=1S/C11H8Br2FN3O2S/c12-8-3-6(15)4-9(11(8)14)20(18,19)17-7-1-2-10(13)16-5-7/h1-5,17H,15H2. The van der Waals surface area contributed by atoms with Crippen molar-refractivity contribution in [3.63, 3.8) is 0 Å². The van der Waals surface area contributed by atoms with Crippen molar-refractivity contribution < 1.29 is 12.8 Å². The van der Waals surface area contributed by atoms with Crippen LogP contribution in [0.2, 0.25) is 0 Å². The number of nitrogen functional groups attached to an aromatic ring is 1.